The van der Waals surface area contributed by atoms with Gasteiger partial charge in [0.1, 0.15) is 10.7 Å². The number of nitrogens with two attached hydrogens (primary N) is 1. The van der Waals surface area contributed by atoms with Crippen molar-refractivity contribution in [3.8, 4) is 0 Å². The lowest BCUT2D eigenvalue weighted by Crippen LogP contribution is -2.46. The van der Waals surface area contributed by atoms with Crippen molar-refractivity contribution in [1.29, 1.82) is 0 Å². The van der Waals surface area contributed by atoms with Crippen molar-refractivity contribution in [2.24, 2.45) is 5.73 Å². The van der Waals surface area contributed by atoms with Crippen molar-refractivity contribution in [2.45, 2.75) is 18.5 Å². The molecule has 1 saturated heterocycles. The Labute approximate surface area is 181 Å². The first-order valence-corrected chi connectivity index (χ1v) is 10.6. The summed E-state index contributed by atoms with van der Waals surface area (Å²) in [7, 11) is 0. The van der Waals surface area contributed by atoms with E-state index in [1.165, 1.54) is 5.56 Å². The van der Waals surface area contributed by atoms with Crippen LogP contribution >= 0.6 is 46.4 Å². The Hall–Kier alpha value is -0.620. The Morgan fingerprint density at radius 1 is 0.926 bits per heavy atom. The van der Waals surface area contributed by atoms with E-state index < -0.39 is 5.50 Å². The molecule has 2 N–H and O–H groups in total. The van der Waals surface area contributed by atoms with Crippen LogP contribution in [-0.2, 0) is 6.54 Å². The molecule has 1 atom stereocenters. The third kappa shape index (κ3) is 5.26. The fraction of sp³-hybridized carbons (Fsp3) is 0.474. The molecule has 2 aliphatic heterocycles. The van der Waals surface area contributed by atoms with E-state index in [-0.39, 0.29) is 10.7 Å². The van der Waals surface area contributed by atoms with Gasteiger partial charge < -0.3 is 15.5 Å². The van der Waals surface area contributed by atoms with Crippen LogP contribution in [0, 0.1) is 0 Å². The Morgan fingerprint density at radius 3 is 2.22 bits per heavy atom. The highest BCUT2D eigenvalue weighted by molar-refractivity contribution is 6.44. The SMILES string of the molecule is NC1=C(Cl)C(Cl)N(CCCN2CCN(Cc3ccccc3)CC2)C(Cl)=C1Cl. The van der Waals surface area contributed by atoms with Crippen molar-refractivity contribution >= 4 is 46.4 Å². The van der Waals surface area contributed by atoms with Crippen LogP contribution in [0.5, 0.6) is 0 Å². The summed E-state index contributed by atoms with van der Waals surface area (Å²) in [5.74, 6) is 0. The van der Waals surface area contributed by atoms with Gasteiger partial charge in [0.2, 0.25) is 0 Å². The summed E-state index contributed by atoms with van der Waals surface area (Å²) >= 11 is 25.0. The van der Waals surface area contributed by atoms with Crippen LogP contribution in [0.2, 0.25) is 0 Å². The lowest BCUT2D eigenvalue weighted by molar-refractivity contribution is 0.123. The van der Waals surface area contributed by atoms with Gasteiger partial charge in [-0.2, -0.15) is 0 Å². The van der Waals surface area contributed by atoms with Gasteiger partial charge in [0.25, 0.3) is 0 Å². The fourth-order valence-electron chi connectivity index (χ4n) is 3.40. The molecule has 0 bridgehead atoms. The van der Waals surface area contributed by atoms with Crippen molar-refractivity contribution in [3.05, 3.63) is 56.8 Å². The highest BCUT2D eigenvalue weighted by Crippen LogP contribution is 2.37. The number of benzene rings is 1. The van der Waals surface area contributed by atoms with Gasteiger partial charge in [-0.1, -0.05) is 76.7 Å². The van der Waals surface area contributed by atoms with E-state index in [4.69, 9.17) is 52.1 Å². The van der Waals surface area contributed by atoms with E-state index in [9.17, 15) is 0 Å². The number of halogens is 4. The van der Waals surface area contributed by atoms with Gasteiger partial charge in [-0.05, 0) is 18.5 Å². The van der Waals surface area contributed by atoms with E-state index in [0.29, 0.717) is 16.7 Å². The zero-order valence-corrected chi connectivity index (χ0v) is 18.1. The van der Waals surface area contributed by atoms with Gasteiger partial charge in [0, 0.05) is 39.3 Å². The van der Waals surface area contributed by atoms with Crippen LogP contribution in [0.1, 0.15) is 12.0 Å². The van der Waals surface area contributed by atoms with Crippen molar-refractivity contribution < 1.29 is 0 Å². The Morgan fingerprint density at radius 2 is 1.56 bits per heavy atom. The second-order valence-corrected chi connectivity index (χ2v) is 8.41. The number of hydrogen-bond acceptors (Lipinski definition) is 4. The first kappa shape index (κ1) is 21.1. The average Bonchev–Trinajstić information content (AvgIpc) is 2.69. The minimum absolute atomic E-state index is 0.258. The predicted molar refractivity (Wildman–Crippen MR) is 115 cm³/mol. The normalized spacial score (nSPS) is 22.7. The molecule has 1 aromatic carbocycles. The number of nitrogens with zero attached hydrogens (tertiary/aromatic N) is 3. The Kier molecular flexibility index (Phi) is 7.60. The molecule has 1 fully saturated rings. The van der Waals surface area contributed by atoms with E-state index in [1.807, 2.05) is 0 Å². The Bertz CT molecular complexity index is 699. The molecule has 2 aliphatic rings. The first-order chi connectivity index (χ1) is 13.0. The quantitative estimate of drug-likeness (QED) is 0.523. The molecule has 4 nitrogen and oxygen atoms in total. The van der Waals surface area contributed by atoms with E-state index in [1.54, 1.807) is 4.90 Å². The molecule has 1 aromatic rings. The molecule has 148 valence electrons. The second kappa shape index (κ2) is 9.73. The predicted octanol–water partition coefficient (Wildman–Crippen LogP) is 4.13. The van der Waals surface area contributed by atoms with Crippen molar-refractivity contribution in [2.75, 3.05) is 39.3 Å². The summed E-state index contributed by atoms with van der Waals surface area (Å²) in [6.07, 6.45) is 0.923. The standard InChI is InChI=1S/C19H24Cl4N4/c20-15-17(24)16(21)19(23)27(18(15)22)8-4-7-25-9-11-26(12-10-25)13-14-5-2-1-3-6-14/h1-3,5-6,18H,4,7-13,24H2. The first-order valence-electron chi connectivity index (χ1n) is 9.07. The monoisotopic (exact) mass is 448 g/mol. The molecule has 1 unspecified atom stereocenters. The third-order valence-corrected chi connectivity index (χ3v) is 6.86. The van der Waals surface area contributed by atoms with Crippen LogP contribution in [0.4, 0.5) is 0 Å². The highest BCUT2D eigenvalue weighted by Gasteiger charge is 2.30. The molecule has 0 saturated carbocycles. The van der Waals surface area contributed by atoms with Gasteiger partial charge in [-0.3, -0.25) is 4.90 Å². The maximum Gasteiger partial charge on any atom is 0.143 e. The van der Waals surface area contributed by atoms with E-state index >= 15 is 0 Å². The van der Waals surface area contributed by atoms with Crippen LogP contribution in [0.25, 0.3) is 0 Å². The molecular weight excluding hydrogens is 426 g/mol. The lowest BCUT2D eigenvalue weighted by Gasteiger charge is -2.36. The fourth-order valence-corrected chi connectivity index (χ4v) is 4.51. The summed E-state index contributed by atoms with van der Waals surface area (Å²) in [5.41, 5.74) is 6.89. The summed E-state index contributed by atoms with van der Waals surface area (Å²) in [6.45, 7) is 6.96. The zero-order chi connectivity index (χ0) is 19.4. The van der Waals surface area contributed by atoms with Gasteiger partial charge in [0.15, 0.2) is 0 Å². The van der Waals surface area contributed by atoms with Crippen molar-refractivity contribution in [3.63, 3.8) is 0 Å². The summed E-state index contributed by atoms with van der Waals surface area (Å²) in [4.78, 5) is 6.77. The average molecular weight is 450 g/mol. The van der Waals surface area contributed by atoms with Gasteiger partial charge in [-0.25, -0.2) is 0 Å². The van der Waals surface area contributed by atoms with E-state index in [2.05, 4.69) is 40.1 Å². The topological polar surface area (TPSA) is 35.7 Å². The maximum absolute atomic E-state index is 6.36. The molecule has 0 aliphatic carbocycles. The molecule has 8 heteroatoms. The number of allylic oxidation sites excluding steroid dienone is 1. The van der Waals surface area contributed by atoms with Gasteiger partial charge >= 0.3 is 0 Å². The van der Waals surface area contributed by atoms with Gasteiger partial charge in [0.05, 0.1) is 15.8 Å². The van der Waals surface area contributed by atoms with Crippen LogP contribution < -0.4 is 5.73 Å². The zero-order valence-electron chi connectivity index (χ0n) is 15.1. The molecule has 0 amide bonds. The summed E-state index contributed by atoms with van der Waals surface area (Å²) < 4.78 is 0. The molecule has 0 radical (unpaired) electrons. The second-order valence-electron chi connectivity index (χ2n) is 6.85. The van der Waals surface area contributed by atoms with Crippen LogP contribution in [-0.4, -0.2) is 59.5 Å². The van der Waals surface area contributed by atoms with Crippen LogP contribution in [0.15, 0.2) is 51.2 Å². The maximum atomic E-state index is 6.36. The third-order valence-electron chi connectivity index (χ3n) is 5.00. The Balaban J connectivity index is 1.42. The summed E-state index contributed by atoms with van der Waals surface area (Å²) in [5, 5.41) is 0.972. The minimum atomic E-state index is -0.565. The number of rotatable bonds is 6. The van der Waals surface area contributed by atoms with E-state index in [0.717, 1.165) is 45.7 Å². The molecule has 3 rings (SSSR count). The molecular formula is C19H24Cl4N4. The number of alkyl halides is 1. The highest BCUT2D eigenvalue weighted by atomic mass is 35.5. The minimum Gasteiger partial charge on any atom is -0.396 e. The van der Waals surface area contributed by atoms with Crippen molar-refractivity contribution in [1.82, 2.24) is 14.7 Å². The summed E-state index contributed by atoms with van der Waals surface area (Å²) in [6, 6.07) is 10.6. The molecule has 27 heavy (non-hydrogen) atoms. The number of piperazine rings is 1. The van der Waals surface area contributed by atoms with Crippen LogP contribution in [0.3, 0.4) is 0 Å². The smallest absolute Gasteiger partial charge is 0.143 e. The molecule has 2 heterocycles. The number of hydrogen-bond donors (Lipinski definition) is 1. The lowest BCUT2D eigenvalue weighted by atomic mass is 10.2. The van der Waals surface area contributed by atoms with Gasteiger partial charge in [-0.15, -0.1) is 0 Å². The largest absolute Gasteiger partial charge is 0.396 e. The molecule has 0 spiro atoms. The molecule has 0 aromatic heterocycles.